The molecule has 1 saturated carbocycles. The van der Waals surface area contributed by atoms with Gasteiger partial charge in [0.1, 0.15) is 5.69 Å². The Morgan fingerprint density at radius 1 is 1.11 bits per heavy atom. The molecule has 28 heavy (non-hydrogen) atoms. The van der Waals surface area contributed by atoms with Crippen LogP contribution in [-0.2, 0) is 10.0 Å². The molecule has 1 aliphatic carbocycles. The Morgan fingerprint density at radius 3 is 2.39 bits per heavy atom. The topological polar surface area (TPSA) is 115 Å². The number of primary sulfonamides is 1. The van der Waals surface area contributed by atoms with Gasteiger partial charge in [-0.2, -0.15) is 0 Å². The van der Waals surface area contributed by atoms with Crippen LogP contribution in [0.5, 0.6) is 0 Å². The highest BCUT2D eigenvalue weighted by atomic mass is 32.2. The summed E-state index contributed by atoms with van der Waals surface area (Å²) in [6.45, 7) is 0. The molecule has 0 atom stereocenters. The second-order valence-electron chi connectivity index (χ2n) is 7.05. The number of anilines is 1. The zero-order chi connectivity index (χ0) is 20.2. The second kappa shape index (κ2) is 8.50. The Kier molecular flexibility index (Phi) is 6.26. The van der Waals surface area contributed by atoms with E-state index in [0.29, 0.717) is 5.69 Å². The summed E-state index contributed by atoms with van der Waals surface area (Å²) >= 11 is 1.72. The van der Waals surface area contributed by atoms with Gasteiger partial charge in [0.15, 0.2) is 0 Å². The smallest absolute Gasteiger partial charge is 0.293 e. The largest absolute Gasteiger partial charge is 0.373 e. The summed E-state index contributed by atoms with van der Waals surface area (Å²) in [6.07, 6.45) is 5.05. The molecule has 0 spiro atoms. The van der Waals surface area contributed by atoms with Crippen molar-refractivity contribution >= 4 is 33.2 Å². The summed E-state index contributed by atoms with van der Waals surface area (Å²) in [4.78, 5) is 11.9. The average molecular weight is 422 g/mol. The lowest BCUT2D eigenvalue weighted by Crippen LogP contribution is -2.43. The average Bonchev–Trinajstić information content (AvgIpc) is 2.67. The Labute approximate surface area is 168 Å². The van der Waals surface area contributed by atoms with Crippen molar-refractivity contribution in [2.24, 2.45) is 5.14 Å². The SMILES string of the molecule is NS(=O)(=O)c1ccc(NC2(CSc3ccccc3)CCCCC2)c([N+](=O)[O-])c1. The van der Waals surface area contributed by atoms with Crippen molar-refractivity contribution in [3.05, 3.63) is 58.6 Å². The number of nitrogens with zero attached hydrogens (tertiary/aromatic N) is 1. The van der Waals surface area contributed by atoms with Crippen LogP contribution < -0.4 is 10.5 Å². The molecule has 0 heterocycles. The quantitative estimate of drug-likeness (QED) is 0.394. The summed E-state index contributed by atoms with van der Waals surface area (Å²) in [5, 5.41) is 20.1. The molecular formula is C19H23N3O4S2. The van der Waals surface area contributed by atoms with Crippen molar-refractivity contribution in [2.75, 3.05) is 11.1 Å². The Hall–Kier alpha value is -2.10. The third-order valence-electron chi connectivity index (χ3n) is 4.96. The molecule has 150 valence electrons. The van der Waals surface area contributed by atoms with Crippen LogP contribution in [0.3, 0.4) is 0 Å². The molecule has 9 heteroatoms. The van der Waals surface area contributed by atoms with Gasteiger partial charge in [-0.1, -0.05) is 37.5 Å². The van der Waals surface area contributed by atoms with Crippen molar-refractivity contribution in [3.8, 4) is 0 Å². The lowest BCUT2D eigenvalue weighted by atomic mass is 9.83. The highest BCUT2D eigenvalue weighted by molar-refractivity contribution is 7.99. The van der Waals surface area contributed by atoms with Crippen LogP contribution in [0.2, 0.25) is 0 Å². The third-order valence-corrected chi connectivity index (χ3v) is 7.18. The predicted molar refractivity (Wildman–Crippen MR) is 111 cm³/mol. The van der Waals surface area contributed by atoms with Crippen LogP contribution in [0, 0.1) is 10.1 Å². The lowest BCUT2D eigenvalue weighted by molar-refractivity contribution is -0.384. The standard InChI is InChI=1S/C19H23N3O4S2/c20-28(25,26)16-9-10-17(18(13-16)22(23)24)21-19(11-5-2-6-12-19)14-27-15-7-3-1-4-8-15/h1,3-4,7-10,13,21H,2,5-6,11-12,14H2,(H2,20,25,26). The van der Waals surface area contributed by atoms with Gasteiger partial charge in [0.25, 0.3) is 5.69 Å². The van der Waals surface area contributed by atoms with Gasteiger partial charge in [0.2, 0.25) is 10.0 Å². The number of rotatable bonds is 7. The normalized spacial score (nSPS) is 16.5. The second-order valence-corrected chi connectivity index (χ2v) is 9.66. The van der Waals surface area contributed by atoms with Crippen molar-refractivity contribution < 1.29 is 13.3 Å². The number of hydrogen-bond acceptors (Lipinski definition) is 6. The first-order valence-corrected chi connectivity index (χ1v) is 11.6. The van der Waals surface area contributed by atoms with Crippen molar-refractivity contribution in [1.29, 1.82) is 0 Å². The molecule has 0 bridgehead atoms. The first kappa shape index (κ1) is 20.6. The van der Waals surface area contributed by atoms with Crippen LogP contribution in [0.15, 0.2) is 58.3 Å². The van der Waals surface area contributed by atoms with Crippen LogP contribution in [0.4, 0.5) is 11.4 Å². The number of nitrogens with one attached hydrogen (secondary N) is 1. The summed E-state index contributed by atoms with van der Waals surface area (Å²) in [7, 11) is -4.01. The minimum atomic E-state index is -4.01. The third kappa shape index (κ3) is 5.03. The number of hydrogen-bond donors (Lipinski definition) is 2. The maximum absolute atomic E-state index is 11.6. The summed E-state index contributed by atoms with van der Waals surface area (Å²) < 4.78 is 23.1. The maximum atomic E-state index is 11.6. The van der Waals surface area contributed by atoms with Gasteiger partial charge < -0.3 is 5.32 Å². The number of nitrogens with two attached hydrogens (primary N) is 1. The van der Waals surface area contributed by atoms with Gasteiger partial charge in [-0.25, -0.2) is 13.6 Å². The molecule has 3 N–H and O–H groups in total. The molecule has 2 aromatic carbocycles. The van der Waals surface area contributed by atoms with E-state index >= 15 is 0 Å². The molecule has 0 radical (unpaired) electrons. The van der Waals surface area contributed by atoms with E-state index in [2.05, 4.69) is 5.32 Å². The van der Waals surface area contributed by atoms with Crippen LogP contribution in [-0.4, -0.2) is 24.6 Å². The van der Waals surface area contributed by atoms with Crippen LogP contribution >= 0.6 is 11.8 Å². The Morgan fingerprint density at radius 2 is 1.79 bits per heavy atom. The predicted octanol–water partition coefficient (Wildman–Crippen LogP) is 4.15. The van der Waals surface area contributed by atoms with Crippen LogP contribution in [0.25, 0.3) is 0 Å². The van der Waals surface area contributed by atoms with E-state index < -0.39 is 14.9 Å². The van der Waals surface area contributed by atoms with E-state index in [4.69, 9.17) is 5.14 Å². The fourth-order valence-electron chi connectivity index (χ4n) is 3.50. The van der Waals surface area contributed by atoms with E-state index in [1.165, 1.54) is 12.1 Å². The maximum Gasteiger partial charge on any atom is 0.293 e. The van der Waals surface area contributed by atoms with E-state index in [9.17, 15) is 18.5 Å². The molecule has 0 aliphatic heterocycles. The minimum absolute atomic E-state index is 0.263. The molecule has 3 rings (SSSR count). The number of benzene rings is 2. The molecule has 2 aromatic rings. The number of nitro benzene ring substituents is 1. The number of sulfonamides is 1. The Balaban J connectivity index is 1.89. The molecule has 7 nitrogen and oxygen atoms in total. The highest BCUT2D eigenvalue weighted by Gasteiger charge is 2.34. The van der Waals surface area contributed by atoms with Crippen molar-refractivity contribution in [3.63, 3.8) is 0 Å². The molecule has 0 unspecified atom stereocenters. The molecule has 1 fully saturated rings. The van der Waals surface area contributed by atoms with Crippen molar-refractivity contribution in [1.82, 2.24) is 0 Å². The fraction of sp³-hybridized carbons (Fsp3) is 0.368. The monoisotopic (exact) mass is 421 g/mol. The molecular weight excluding hydrogens is 398 g/mol. The minimum Gasteiger partial charge on any atom is -0.373 e. The summed E-state index contributed by atoms with van der Waals surface area (Å²) in [5.74, 6) is 0.769. The number of nitro groups is 1. The zero-order valence-corrected chi connectivity index (χ0v) is 17.0. The van der Waals surface area contributed by atoms with E-state index in [0.717, 1.165) is 48.8 Å². The van der Waals surface area contributed by atoms with Gasteiger partial charge in [-0.3, -0.25) is 10.1 Å². The molecule has 1 aliphatic rings. The highest BCUT2D eigenvalue weighted by Crippen LogP contribution is 2.39. The van der Waals surface area contributed by atoms with Gasteiger partial charge in [0, 0.05) is 22.3 Å². The zero-order valence-electron chi connectivity index (χ0n) is 15.3. The lowest BCUT2D eigenvalue weighted by Gasteiger charge is -2.38. The summed E-state index contributed by atoms with van der Waals surface area (Å²) in [5.41, 5.74) is -0.235. The van der Waals surface area contributed by atoms with E-state index in [-0.39, 0.29) is 16.1 Å². The molecule has 0 aromatic heterocycles. The fourth-order valence-corrected chi connectivity index (χ4v) is 5.19. The first-order chi connectivity index (χ1) is 13.3. The Bertz CT molecular complexity index is 943. The number of thioether (sulfide) groups is 1. The van der Waals surface area contributed by atoms with Gasteiger partial charge >= 0.3 is 0 Å². The van der Waals surface area contributed by atoms with Gasteiger partial charge in [-0.05, 0) is 37.1 Å². The molecule has 0 saturated heterocycles. The van der Waals surface area contributed by atoms with Crippen molar-refractivity contribution in [2.45, 2.75) is 47.4 Å². The van der Waals surface area contributed by atoms with Gasteiger partial charge in [-0.15, -0.1) is 11.8 Å². The van der Waals surface area contributed by atoms with E-state index in [1.807, 2.05) is 30.3 Å². The van der Waals surface area contributed by atoms with Crippen LogP contribution in [0.1, 0.15) is 32.1 Å². The molecule has 0 amide bonds. The van der Waals surface area contributed by atoms with E-state index in [1.54, 1.807) is 11.8 Å². The first-order valence-electron chi connectivity index (χ1n) is 9.06. The summed E-state index contributed by atoms with van der Waals surface area (Å²) in [6, 6.07) is 13.8. The van der Waals surface area contributed by atoms with Gasteiger partial charge in [0.05, 0.1) is 9.82 Å².